The van der Waals surface area contributed by atoms with Crippen LogP contribution in [0.4, 0.5) is 10.5 Å². The molecule has 3 aliphatic heterocycles. The summed E-state index contributed by atoms with van der Waals surface area (Å²) >= 11 is 0. The summed E-state index contributed by atoms with van der Waals surface area (Å²) in [5.74, 6) is 0.188. The van der Waals surface area contributed by atoms with Crippen LogP contribution in [0.25, 0.3) is 22.2 Å². The van der Waals surface area contributed by atoms with Crippen molar-refractivity contribution in [3.8, 4) is 11.3 Å². The van der Waals surface area contributed by atoms with Crippen LogP contribution in [0.15, 0.2) is 36.5 Å². The summed E-state index contributed by atoms with van der Waals surface area (Å²) in [6, 6.07) is 10.3. The van der Waals surface area contributed by atoms with E-state index in [4.69, 9.17) is 5.10 Å². The molecule has 6 rings (SSSR count). The topological polar surface area (TPSA) is 83.4 Å². The Bertz CT molecular complexity index is 1270. The summed E-state index contributed by atoms with van der Waals surface area (Å²) in [6.45, 7) is 5.77. The maximum atomic E-state index is 12.4. The van der Waals surface area contributed by atoms with Gasteiger partial charge in [0.15, 0.2) is 0 Å². The van der Waals surface area contributed by atoms with Gasteiger partial charge in [0.05, 0.1) is 11.2 Å². The zero-order valence-corrected chi connectivity index (χ0v) is 18.9. The van der Waals surface area contributed by atoms with Crippen LogP contribution in [0.5, 0.6) is 0 Å². The molecular weight excluding hydrogens is 416 g/mol. The zero-order valence-electron chi connectivity index (χ0n) is 18.9. The number of aromatic nitrogens is 3. The normalized spacial score (nSPS) is 22.0. The number of rotatable bonds is 3. The van der Waals surface area contributed by atoms with Crippen LogP contribution in [-0.2, 0) is 16.8 Å². The Morgan fingerprint density at radius 2 is 2.03 bits per heavy atom. The van der Waals surface area contributed by atoms with Gasteiger partial charge in [-0.3, -0.25) is 14.5 Å². The summed E-state index contributed by atoms with van der Waals surface area (Å²) in [5, 5.41) is 8.83. The van der Waals surface area contributed by atoms with E-state index in [1.165, 1.54) is 5.69 Å². The summed E-state index contributed by atoms with van der Waals surface area (Å²) in [4.78, 5) is 33.0. The van der Waals surface area contributed by atoms with Gasteiger partial charge in [0.2, 0.25) is 5.91 Å². The molecule has 0 radical (unpaired) electrons. The Hall–Kier alpha value is -3.42. The van der Waals surface area contributed by atoms with Crippen LogP contribution < -0.4 is 10.2 Å². The minimum absolute atomic E-state index is 0.0100. The Morgan fingerprint density at radius 1 is 1.15 bits per heavy atom. The van der Waals surface area contributed by atoms with Gasteiger partial charge < -0.3 is 15.1 Å². The molecule has 170 valence electrons. The number of urea groups is 1. The van der Waals surface area contributed by atoms with Crippen molar-refractivity contribution in [2.24, 2.45) is 0 Å². The number of fused-ring (bicyclic) bond motifs is 3. The molecule has 2 saturated heterocycles. The van der Waals surface area contributed by atoms with E-state index < -0.39 is 0 Å². The summed E-state index contributed by atoms with van der Waals surface area (Å²) < 4.78 is 2.11. The minimum Gasteiger partial charge on any atom is -0.338 e. The lowest BCUT2D eigenvalue weighted by Gasteiger charge is -2.23. The molecule has 3 amide bonds. The molecule has 1 unspecified atom stereocenters. The molecule has 3 aliphatic rings. The predicted octanol–water partition coefficient (Wildman–Crippen LogP) is 3.30. The van der Waals surface area contributed by atoms with Crippen molar-refractivity contribution in [3.05, 3.63) is 42.2 Å². The van der Waals surface area contributed by atoms with Gasteiger partial charge in [-0.2, -0.15) is 5.10 Å². The molecule has 1 spiro atoms. The van der Waals surface area contributed by atoms with Crippen molar-refractivity contribution in [1.82, 2.24) is 25.0 Å². The van der Waals surface area contributed by atoms with Gasteiger partial charge in [0.1, 0.15) is 0 Å². The number of nitrogens with one attached hydrogen (secondary N) is 1. The smallest absolute Gasteiger partial charge is 0.317 e. The third kappa shape index (κ3) is 3.27. The number of amides is 3. The van der Waals surface area contributed by atoms with E-state index in [0.29, 0.717) is 13.0 Å². The van der Waals surface area contributed by atoms with E-state index in [0.717, 1.165) is 73.3 Å². The van der Waals surface area contributed by atoms with Crippen molar-refractivity contribution >= 4 is 28.5 Å². The Morgan fingerprint density at radius 3 is 2.85 bits per heavy atom. The molecule has 3 aromatic rings. The van der Waals surface area contributed by atoms with Crippen molar-refractivity contribution < 1.29 is 9.59 Å². The standard InChI is InChI=1S/C25H28N6O2/c1-2-26-24(33)29-10-7-25(16-29)8-11-31-22(25)14-21(28-31)18-12-17-13-19(5-6-20(17)27-15-18)30-9-3-4-23(30)32/h5-6,12-15H,2-4,7-11,16H2,1H3,(H,26,33). The Kier molecular flexibility index (Phi) is 4.64. The number of nitrogens with zero attached hydrogens (tertiary/aromatic N) is 5. The van der Waals surface area contributed by atoms with Gasteiger partial charge in [-0.15, -0.1) is 0 Å². The van der Waals surface area contributed by atoms with E-state index in [1.54, 1.807) is 0 Å². The minimum atomic E-state index is -0.0100. The number of carbonyl (C=O) groups is 2. The first-order chi connectivity index (χ1) is 16.1. The zero-order chi connectivity index (χ0) is 22.6. The highest BCUT2D eigenvalue weighted by Gasteiger charge is 2.46. The molecule has 8 heteroatoms. The van der Waals surface area contributed by atoms with Gasteiger partial charge >= 0.3 is 6.03 Å². The van der Waals surface area contributed by atoms with Crippen molar-refractivity contribution in [2.75, 3.05) is 31.1 Å². The van der Waals surface area contributed by atoms with E-state index in [2.05, 4.69) is 33.2 Å². The summed E-state index contributed by atoms with van der Waals surface area (Å²) in [6.07, 6.45) is 5.40. The summed E-state index contributed by atoms with van der Waals surface area (Å²) in [7, 11) is 0. The fraction of sp³-hybridized carbons (Fsp3) is 0.440. The van der Waals surface area contributed by atoms with E-state index >= 15 is 0 Å². The third-order valence-electron chi connectivity index (χ3n) is 7.44. The SMILES string of the molecule is CCNC(=O)N1CCC2(CCn3nc(-c4cnc5ccc(N6CCCC6=O)cc5c4)cc32)C1. The quantitative estimate of drug-likeness (QED) is 0.672. The third-order valence-corrected chi connectivity index (χ3v) is 7.44. The first-order valence-corrected chi connectivity index (χ1v) is 11.9. The molecule has 0 aliphatic carbocycles. The average molecular weight is 445 g/mol. The number of benzene rings is 1. The number of aryl methyl sites for hydroxylation is 1. The number of likely N-dealkylation sites (tertiary alicyclic amines) is 1. The lowest BCUT2D eigenvalue weighted by Crippen LogP contribution is -2.40. The van der Waals surface area contributed by atoms with Crippen molar-refractivity contribution in [3.63, 3.8) is 0 Å². The first kappa shape index (κ1) is 20.2. The fourth-order valence-corrected chi connectivity index (χ4v) is 5.67. The van der Waals surface area contributed by atoms with Crippen LogP contribution in [0.3, 0.4) is 0 Å². The van der Waals surface area contributed by atoms with Gasteiger partial charge in [-0.1, -0.05) is 0 Å². The van der Waals surface area contributed by atoms with Gasteiger partial charge in [0, 0.05) is 73.1 Å². The fourth-order valence-electron chi connectivity index (χ4n) is 5.67. The molecule has 5 heterocycles. The second kappa shape index (κ2) is 7.57. The molecule has 0 saturated carbocycles. The van der Waals surface area contributed by atoms with Crippen LogP contribution in [0, 0.1) is 0 Å². The Labute approximate surface area is 192 Å². The van der Waals surface area contributed by atoms with E-state index in [1.807, 2.05) is 35.1 Å². The molecule has 1 N–H and O–H groups in total. The maximum Gasteiger partial charge on any atom is 0.317 e. The van der Waals surface area contributed by atoms with Crippen LogP contribution in [-0.4, -0.2) is 57.8 Å². The maximum absolute atomic E-state index is 12.4. The number of carbonyl (C=O) groups excluding carboxylic acids is 2. The van der Waals surface area contributed by atoms with Crippen LogP contribution in [0.1, 0.15) is 38.3 Å². The number of anilines is 1. The largest absolute Gasteiger partial charge is 0.338 e. The number of hydrogen-bond acceptors (Lipinski definition) is 4. The average Bonchev–Trinajstić information content (AvgIpc) is 3.59. The molecule has 2 fully saturated rings. The Balaban J connectivity index is 1.31. The highest BCUT2D eigenvalue weighted by atomic mass is 16.2. The predicted molar refractivity (Wildman–Crippen MR) is 126 cm³/mol. The number of hydrogen-bond donors (Lipinski definition) is 1. The highest BCUT2D eigenvalue weighted by molar-refractivity contribution is 5.97. The molecule has 33 heavy (non-hydrogen) atoms. The molecular formula is C25H28N6O2. The second-order valence-corrected chi connectivity index (χ2v) is 9.43. The molecule has 8 nitrogen and oxygen atoms in total. The lowest BCUT2D eigenvalue weighted by atomic mass is 9.82. The highest BCUT2D eigenvalue weighted by Crippen LogP contribution is 2.43. The first-order valence-electron chi connectivity index (χ1n) is 11.9. The van der Waals surface area contributed by atoms with Crippen LogP contribution in [0.2, 0.25) is 0 Å². The summed E-state index contributed by atoms with van der Waals surface area (Å²) in [5.41, 5.74) is 4.95. The van der Waals surface area contributed by atoms with Crippen molar-refractivity contribution in [2.45, 2.75) is 44.6 Å². The number of pyridine rings is 1. The van der Waals surface area contributed by atoms with Gasteiger partial charge in [-0.25, -0.2) is 4.79 Å². The monoisotopic (exact) mass is 444 g/mol. The van der Waals surface area contributed by atoms with Gasteiger partial charge in [0.25, 0.3) is 0 Å². The van der Waals surface area contributed by atoms with Crippen LogP contribution >= 0.6 is 0 Å². The van der Waals surface area contributed by atoms with E-state index in [-0.39, 0.29) is 17.4 Å². The molecule has 2 aromatic heterocycles. The van der Waals surface area contributed by atoms with Crippen molar-refractivity contribution in [1.29, 1.82) is 0 Å². The molecule has 1 aromatic carbocycles. The lowest BCUT2D eigenvalue weighted by molar-refractivity contribution is -0.117. The second-order valence-electron chi connectivity index (χ2n) is 9.43. The van der Waals surface area contributed by atoms with E-state index in [9.17, 15) is 9.59 Å². The van der Waals surface area contributed by atoms with Gasteiger partial charge in [-0.05, 0) is 56.5 Å². The molecule has 0 bridgehead atoms. The molecule has 1 atom stereocenters.